The van der Waals surface area contributed by atoms with Crippen molar-refractivity contribution in [3.63, 3.8) is 0 Å². The summed E-state index contributed by atoms with van der Waals surface area (Å²) in [6.45, 7) is 14.7. The number of hydrogen-bond donors (Lipinski definition) is 1. The van der Waals surface area contributed by atoms with Gasteiger partial charge in [0.15, 0.2) is 5.96 Å². The van der Waals surface area contributed by atoms with Crippen LogP contribution in [0, 0.1) is 0 Å². The number of rotatable bonds is 4. The van der Waals surface area contributed by atoms with Crippen molar-refractivity contribution >= 4 is 35.8 Å². The van der Waals surface area contributed by atoms with E-state index < -0.39 is 0 Å². The number of aliphatic imine (C=N–C) groups is 1. The van der Waals surface area contributed by atoms with E-state index in [1.807, 2.05) is 4.90 Å². The molecule has 7 heteroatoms. The van der Waals surface area contributed by atoms with Gasteiger partial charge in [0.2, 0.25) is 5.91 Å². The van der Waals surface area contributed by atoms with Crippen molar-refractivity contribution in [2.24, 2.45) is 4.99 Å². The number of piperazine rings is 1. The smallest absolute Gasteiger partial charge is 0.242 e. The van der Waals surface area contributed by atoms with Crippen LogP contribution in [0.15, 0.2) is 4.99 Å². The second-order valence-electron chi connectivity index (χ2n) is 8.13. The van der Waals surface area contributed by atoms with E-state index in [1.165, 1.54) is 0 Å². The zero-order chi connectivity index (χ0) is 18.0. The maximum absolute atomic E-state index is 12.6. The van der Waals surface area contributed by atoms with Gasteiger partial charge >= 0.3 is 0 Å². The lowest BCUT2D eigenvalue weighted by Crippen LogP contribution is -2.66. The lowest BCUT2D eigenvalue weighted by Gasteiger charge is -2.49. The monoisotopic (exact) mass is 453 g/mol. The fourth-order valence-corrected chi connectivity index (χ4v) is 3.10. The molecule has 0 bridgehead atoms. The van der Waals surface area contributed by atoms with Crippen LogP contribution in [0.2, 0.25) is 0 Å². The molecule has 1 heterocycles. The molecule has 0 spiro atoms. The number of guanidine groups is 1. The van der Waals surface area contributed by atoms with Crippen molar-refractivity contribution in [3.05, 3.63) is 0 Å². The average Bonchev–Trinajstić information content (AvgIpc) is 2.36. The predicted octanol–water partition coefficient (Wildman–Crippen LogP) is 1.85. The Kier molecular flexibility index (Phi) is 8.48. The molecule has 142 valence electrons. The summed E-state index contributed by atoms with van der Waals surface area (Å²) >= 11 is 0. The Morgan fingerprint density at radius 3 is 2.29 bits per heavy atom. The summed E-state index contributed by atoms with van der Waals surface area (Å²) in [6, 6.07) is 0.210. The summed E-state index contributed by atoms with van der Waals surface area (Å²) in [5.74, 6) is 0.954. The zero-order valence-corrected chi connectivity index (χ0v) is 19.1. The quantitative estimate of drug-likeness (QED) is 0.401. The fourth-order valence-electron chi connectivity index (χ4n) is 3.10. The third kappa shape index (κ3) is 5.47. The van der Waals surface area contributed by atoms with Crippen LogP contribution in [-0.2, 0) is 4.79 Å². The van der Waals surface area contributed by atoms with Crippen LogP contribution in [-0.4, -0.2) is 84.5 Å². The van der Waals surface area contributed by atoms with Gasteiger partial charge in [-0.3, -0.25) is 9.79 Å². The fraction of sp³-hybridized carbons (Fsp3) is 0.882. The number of carbonyl (C=O) groups is 1. The molecule has 6 nitrogen and oxygen atoms in total. The number of likely N-dealkylation sites (N-methyl/N-ethyl adjacent to an activating group) is 1. The SMILES string of the molecule is CN=C(NCC(C)(C)N(C)C)N1CC(=O)N(C(C)C)C(C)(C)C1.I. The van der Waals surface area contributed by atoms with Gasteiger partial charge in [-0.1, -0.05) is 0 Å². The Hall–Kier alpha value is -0.570. The summed E-state index contributed by atoms with van der Waals surface area (Å²) < 4.78 is 0. The number of carbonyl (C=O) groups excluding carboxylic acids is 1. The largest absolute Gasteiger partial charge is 0.354 e. The first-order chi connectivity index (χ1) is 10.4. The first kappa shape index (κ1) is 23.4. The van der Waals surface area contributed by atoms with Gasteiger partial charge in [-0.25, -0.2) is 0 Å². The number of nitrogens with one attached hydrogen (secondary N) is 1. The van der Waals surface area contributed by atoms with Crippen molar-refractivity contribution in [1.29, 1.82) is 0 Å². The summed E-state index contributed by atoms with van der Waals surface area (Å²) in [5.41, 5.74) is -0.201. The Morgan fingerprint density at radius 2 is 1.92 bits per heavy atom. The van der Waals surface area contributed by atoms with Gasteiger partial charge in [0, 0.05) is 31.7 Å². The highest BCUT2D eigenvalue weighted by Crippen LogP contribution is 2.24. The minimum Gasteiger partial charge on any atom is -0.354 e. The predicted molar refractivity (Wildman–Crippen MR) is 112 cm³/mol. The van der Waals surface area contributed by atoms with Crippen LogP contribution in [0.5, 0.6) is 0 Å². The molecular weight excluding hydrogens is 417 g/mol. The van der Waals surface area contributed by atoms with Crippen LogP contribution in [0.25, 0.3) is 0 Å². The normalized spacial score (nSPS) is 19.0. The molecule has 24 heavy (non-hydrogen) atoms. The van der Waals surface area contributed by atoms with Gasteiger partial charge in [-0.15, -0.1) is 24.0 Å². The molecule has 1 saturated heterocycles. The molecule has 1 amide bonds. The molecule has 0 atom stereocenters. The highest BCUT2D eigenvalue weighted by atomic mass is 127. The van der Waals surface area contributed by atoms with Crippen molar-refractivity contribution < 1.29 is 4.79 Å². The molecule has 1 rings (SSSR count). The maximum Gasteiger partial charge on any atom is 0.242 e. The Balaban J connectivity index is 0.00000529. The Morgan fingerprint density at radius 1 is 1.38 bits per heavy atom. The molecule has 0 aliphatic carbocycles. The van der Waals surface area contributed by atoms with Crippen LogP contribution >= 0.6 is 24.0 Å². The van der Waals surface area contributed by atoms with Crippen molar-refractivity contribution in [2.75, 3.05) is 40.8 Å². The van der Waals surface area contributed by atoms with Crippen LogP contribution < -0.4 is 5.32 Å². The third-order valence-electron chi connectivity index (χ3n) is 4.74. The van der Waals surface area contributed by atoms with E-state index in [1.54, 1.807) is 7.05 Å². The second-order valence-corrected chi connectivity index (χ2v) is 8.13. The van der Waals surface area contributed by atoms with E-state index in [9.17, 15) is 4.79 Å². The molecule has 0 aromatic heterocycles. The van der Waals surface area contributed by atoms with Crippen molar-refractivity contribution in [3.8, 4) is 0 Å². The molecule has 1 aliphatic rings. The standard InChI is InChI=1S/C17H35N5O.HI/c1-13(2)22-14(23)10-21(12-17(22,5)6)15(18-7)19-11-16(3,4)20(8)9;/h13H,10-12H2,1-9H3,(H,18,19);1H. The second kappa shape index (κ2) is 8.69. The van der Waals surface area contributed by atoms with Crippen molar-refractivity contribution in [2.45, 2.75) is 58.7 Å². The molecule has 0 unspecified atom stereocenters. The van der Waals surface area contributed by atoms with Gasteiger partial charge in [-0.2, -0.15) is 0 Å². The average molecular weight is 453 g/mol. The summed E-state index contributed by atoms with van der Waals surface area (Å²) in [4.78, 5) is 23.2. The highest BCUT2D eigenvalue weighted by Gasteiger charge is 2.40. The number of halogens is 1. The molecule has 0 aromatic carbocycles. The zero-order valence-electron chi connectivity index (χ0n) is 16.8. The van der Waals surface area contributed by atoms with Gasteiger partial charge < -0.3 is 20.0 Å². The molecule has 0 aromatic rings. The van der Waals surface area contributed by atoms with Crippen molar-refractivity contribution in [1.82, 2.24) is 20.0 Å². The van der Waals surface area contributed by atoms with E-state index in [0.717, 1.165) is 19.0 Å². The molecule has 0 radical (unpaired) electrons. The summed E-state index contributed by atoms with van der Waals surface area (Å²) in [5, 5.41) is 3.43. The van der Waals surface area contributed by atoms with Gasteiger partial charge in [0.05, 0.1) is 12.1 Å². The number of nitrogens with zero attached hydrogens (tertiary/aromatic N) is 4. The molecule has 1 fully saturated rings. The minimum absolute atomic E-state index is 0. The molecule has 1 N–H and O–H groups in total. The first-order valence-electron chi connectivity index (χ1n) is 8.37. The molecule has 1 aliphatic heterocycles. The molecular formula is C17H36IN5O. The van der Waals surface area contributed by atoms with Gasteiger partial charge in [0.1, 0.15) is 0 Å². The van der Waals surface area contributed by atoms with Gasteiger partial charge in [-0.05, 0) is 55.6 Å². The highest BCUT2D eigenvalue weighted by molar-refractivity contribution is 14.0. The van der Waals surface area contributed by atoms with E-state index in [2.05, 4.69) is 75.7 Å². The van der Waals surface area contributed by atoms with E-state index in [0.29, 0.717) is 6.54 Å². The van der Waals surface area contributed by atoms with E-state index in [4.69, 9.17) is 0 Å². The number of hydrogen-bond acceptors (Lipinski definition) is 3. The van der Waals surface area contributed by atoms with E-state index in [-0.39, 0.29) is 47.0 Å². The first-order valence-corrected chi connectivity index (χ1v) is 8.37. The maximum atomic E-state index is 12.6. The van der Waals surface area contributed by atoms with Gasteiger partial charge in [0.25, 0.3) is 0 Å². The lowest BCUT2D eigenvalue weighted by molar-refractivity contribution is -0.145. The number of amides is 1. The van der Waals surface area contributed by atoms with E-state index >= 15 is 0 Å². The Labute approximate surface area is 165 Å². The summed E-state index contributed by atoms with van der Waals surface area (Å²) in [6.07, 6.45) is 0. The summed E-state index contributed by atoms with van der Waals surface area (Å²) in [7, 11) is 5.91. The van der Waals surface area contributed by atoms with Crippen LogP contribution in [0.3, 0.4) is 0 Å². The minimum atomic E-state index is -0.210. The van der Waals surface area contributed by atoms with Crippen LogP contribution in [0.1, 0.15) is 41.5 Å². The Bertz CT molecular complexity index is 460. The topological polar surface area (TPSA) is 51.2 Å². The van der Waals surface area contributed by atoms with Crippen LogP contribution in [0.4, 0.5) is 0 Å². The lowest BCUT2D eigenvalue weighted by atomic mass is 9.96. The molecule has 0 saturated carbocycles. The third-order valence-corrected chi connectivity index (χ3v) is 4.74.